The van der Waals surface area contributed by atoms with E-state index in [9.17, 15) is 10.1 Å². The summed E-state index contributed by atoms with van der Waals surface area (Å²) in [5, 5.41) is 12.8. The minimum Gasteiger partial charge on any atom is -0.466 e. The van der Waals surface area contributed by atoms with Gasteiger partial charge in [-0.3, -0.25) is 4.79 Å². The number of hydrogen-bond acceptors (Lipinski definition) is 4. The molecule has 0 aromatic rings. The maximum Gasteiger partial charge on any atom is 0.311 e. The van der Waals surface area contributed by atoms with Crippen LogP contribution in [0.2, 0.25) is 0 Å². The Hall–Kier alpha value is -1.08. The van der Waals surface area contributed by atoms with Gasteiger partial charge in [-0.1, -0.05) is 19.3 Å². The van der Waals surface area contributed by atoms with E-state index in [2.05, 4.69) is 11.4 Å². The van der Waals surface area contributed by atoms with E-state index in [0.29, 0.717) is 12.6 Å². The molecular formula is C15H24N2O2. The quantitative estimate of drug-likeness (QED) is 0.792. The third kappa shape index (κ3) is 3.48. The Balaban J connectivity index is 1.97. The second kappa shape index (κ2) is 6.91. The van der Waals surface area contributed by atoms with Crippen LogP contribution in [0.3, 0.4) is 0 Å². The largest absolute Gasteiger partial charge is 0.466 e. The molecule has 2 aliphatic carbocycles. The van der Waals surface area contributed by atoms with E-state index in [1.807, 2.05) is 6.92 Å². The second-order valence-electron chi connectivity index (χ2n) is 5.70. The van der Waals surface area contributed by atoms with Gasteiger partial charge in [-0.25, -0.2) is 0 Å². The molecule has 0 aromatic heterocycles. The molecule has 0 spiro atoms. The summed E-state index contributed by atoms with van der Waals surface area (Å²) in [6, 6.07) is 2.93. The number of ether oxygens (including phenoxy) is 1. The molecule has 2 saturated carbocycles. The molecule has 0 aliphatic heterocycles. The number of hydrogen-bond donors (Lipinski definition) is 1. The van der Waals surface area contributed by atoms with Crippen molar-refractivity contribution in [2.24, 2.45) is 11.8 Å². The second-order valence-corrected chi connectivity index (χ2v) is 5.70. The highest BCUT2D eigenvalue weighted by Crippen LogP contribution is 2.34. The molecule has 2 aliphatic rings. The van der Waals surface area contributed by atoms with Crippen LogP contribution in [0.4, 0.5) is 0 Å². The standard InChI is InChI=1S/C15H24N2O2/c1-2-19-15(18)14-11(10-16)8-9-13(14)17-12-6-4-3-5-7-12/h11-14,17H,2-9H2,1H3/t11-,13-,14-/m1/s1. The average Bonchev–Trinajstić information content (AvgIpc) is 2.83. The van der Waals surface area contributed by atoms with Gasteiger partial charge in [-0.15, -0.1) is 0 Å². The molecule has 4 nitrogen and oxygen atoms in total. The van der Waals surface area contributed by atoms with Crippen molar-refractivity contribution in [1.82, 2.24) is 5.32 Å². The Morgan fingerprint density at radius 2 is 2.00 bits per heavy atom. The van der Waals surface area contributed by atoms with Crippen molar-refractivity contribution in [1.29, 1.82) is 5.26 Å². The molecule has 2 fully saturated rings. The lowest BCUT2D eigenvalue weighted by atomic mass is 9.91. The number of nitrogens with zero attached hydrogens (tertiary/aromatic N) is 1. The van der Waals surface area contributed by atoms with Crippen LogP contribution in [0, 0.1) is 23.2 Å². The predicted molar refractivity (Wildman–Crippen MR) is 72.3 cm³/mol. The minimum absolute atomic E-state index is 0.131. The highest BCUT2D eigenvalue weighted by atomic mass is 16.5. The fourth-order valence-corrected chi connectivity index (χ4v) is 3.47. The van der Waals surface area contributed by atoms with E-state index in [1.54, 1.807) is 0 Å². The third-order valence-corrected chi connectivity index (χ3v) is 4.44. The fourth-order valence-electron chi connectivity index (χ4n) is 3.47. The Morgan fingerprint density at radius 1 is 1.26 bits per heavy atom. The van der Waals surface area contributed by atoms with Gasteiger partial charge in [0.1, 0.15) is 0 Å². The molecule has 106 valence electrons. The van der Waals surface area contributed by atoms with Crippen molar-refractivity contribution >= 4 is 5.97 Å². The summed E-state index contributed by atoms with van der Waals surface area (Å²) < 4.78 is 5.15. The first-order valence-corrected chi connectivity index (χ1v) is 7.58. The Labute approximate surface area is 115 Å². The Morgan fingerprint density at radius 3 is 2.63 bits per heavy atom. The van der Waals surface area contributed by atoms with Crippen LogP contribution in [0.25, 0.3) is 0 Å². The molecule has 19 heavy (non-hydrogen) atoms. The number of esters is 1. The lowest BCUT2D eigenvalue weighted by Gasteiger charge is -2.29. The van der Waals surface area contributed by atoms with E-state index in [4.69, 9.17) is 4.74 Å². The molecular weight excluding hydrogens is 240 g/mol. The molecule has 0 radical (unpaired) electrons. The zero-order valence-electron chi connectivity index (χ0n) is 11.7. The predicted octanol–water partition coefficient (Wildman–Crippen LogP) is 2.39. The van der Waals surface area contributed by atoms with Crippen LogP contribution in [0.5, 0.6) is 0 Å². The number of carbonyl (C=O) groups is 1. The maximum atomic E-state index is 12.1. The lowest BCUT2D eigenvalue weighted by Crippen LogP contribution is -2.45. The summed E-state index contributed by atoms with van der Waals surface area (Å²) >= 11 is 0. The molecule has 2 rings (SSSR count). The van der Waals surface area contributed by atoms with E-state index in [-0.39, 0.29) is 23.8 Å². The topological polar surface area (TPSA) is 62.1 Å². The normalized spacial score (nSPS) is 31.9. The van der Waals surface area contributed by atoms with Crippen LogP contribution < -0.4 is 5.32 Å². The van der Waals surface area contributed by atoms with Gasteiger partial charge < -0.3 is 10.1 Å². The summed E-state index contributed by atoms with van der Waals surface area (Å²) in [7, 11) is 0. The van der Waals surface area contributed by atoms with Crippen molar-refractivity contribution < 1.29 is 9.53 Å². The molecule has 0 bridgehead atoms. The smallest absolute Gasteiger partial charge is 0.311 e. The van der Waals surface area contributed by atoms with Crippen LogP contribution in [-0.4, -0.2) is 24.7 Å². The summed E-state index contributed by atoms with van der Waals surface area (Å²) in [4.78, 5) is 12.1. The summed E-state index contributed by atoms with van der Waals surface area (Å²) in [5.41, 5.74) is 0. The first kappa shape index (κ1) is 14.3. The minimum atomic E-state index is -0.271. The lowest BCUT2D eigenvalue weighted by molar-refractivity contribution is -0.149. The monoisotopic (exact) mass is 264 g/mol. The van der Waals surface area contributed by atoms with Crippen LogP contribution in [0.1, 0.15) is 51.9 Å². The van der Waals surface area contributed by atoms with Crippen LogP contribution in [0.15, 0.2) is 0 Å². The molecule has 0 amide bonds. The first-order valence-electron chi connectivity index (χ1n) is 7.58. The first-order chi connectivity index (χ1) is 9.26. The van der Waals surface area contributed by atoms with Crippen molar-refractivity contribution in [3.05, 3.63) is 0 Å². The van der Waals surface area contributed by atoms with Gasteiger partial charge in [-0.2, -0.15) is 5.26 Å². The Kier molecular flexibility index (Phi) is 5.21. The van der Waals surface area contributed by atoms with Gasteiger partial charge in [0, 0.05) is 12.1 Å². The zero-order valence-corrected chi connectivity index (χ0v) is 11.7. The molecule has 0 unspecified atom stereocenters. The van der Waals surface area contributed by atoms with Crippen LogP contribution in [-0.2, 0) is 9.53 Å². The number of rotatable bonds is 4. The SMILES string of the molecule is CCOC(=O)[C@@H]1[C@@H](C#N)CC[C@H]1NC1CCCCC1. The van der Waals surface area contributed by atoms with Gasteiger partial charge in [0.25, 0.3) is 0 Å². The highest BCUT2D eigenvalue weighted by molar-refractivity contribution is 5.74. The molecule has 0 aromatic carbocycles. The maximum absolute atomic E-state index is 12.1. The van der Waals surface area contributed by atoms with E-state index >= 15 is 0 Å². The number of nitrogens with one attached hydrogen (secondary N) is 1. The molecule has 4 heteroatoms. The van der Waals surface area contributed by atoms with E-state index < -0.39 is 0 Å². The van der Waals surface area contributed by atoms with Gasteiger partial charge in [0.15, 0.2) is 0 Å². The molecule has 0 saturated heterocycles. The molecule has 0 heterocycles. The van der Waals surface area contributed by atoms with Gasteiger partial charge in [0.2, 0.25) is 0 Å². The third-order valence-electron chi connectivity index (χ3n) is 4.44. The van der Waals surface area contributed by atoms with Crippen molar-refractivity contribution in [2.45, 2.75) is 64.0 Å². The van der Waals surface area contributed by atoms with Crippen LogP contribution >= 0.6 is 0 Å². The fraction of sp³-hybridized carbons (Fsp3) is 0.867. The van der Waals surface area contributed by atoms with Gasteiger partial charge in [-0.05, 0) is 32.6 Å². The summed E-state index contributed by atoms with van der Waals surface area (Å²) in [6.45, 7) is 2.21. The van der Waals surface area contributed by atoms with Crippen molar-refractivity contribution in [3.63, 3.8) is 0 Å². The number of carbonyl (C=O) groups excluding carboxylic acids is 1. The highest BCUT2D eigenvalue weighted by Gasteiger charge is 2.42. The zero-order chi connectivity index (χ0) is 13.7. The van der Waals surface area contributed by atoms with Crippen molar-refractivity contribution in [2.75, 3.05) is 6.61 Å². The summed E-state index contributed by atoms with van der Waals surface area (Å²) in [6.07, 6.45) is 7.99. The number of nitriles is 1. The Bertz CT molecular complexity index is 345. The van der Waals surface area contributed by atoms with Crippen molar-refractivity contribution in [3.8, 4) is 6.07 Å². The molecule has 3 atom stereocenters. The van der Waals surface area contributed by atoms with Gasteiger partial charge in [0.05, 0.1) is 24.5 Å². The average molecular weight is 264 g/mol. The van der Waals surface area contributed by atoms with E-state index in [1.165, 1.54) is 32.1 Å². The molecule has 1 N–H and O–H groups in total. The van der Waals surface area contributed by atoms with Gasteiger partial charge >= 0.3 is 5.97 Å². The summed E-state index contributed by atoms with van der Waals surface area (Å²) in [5.74, 6) is -0.646. The van der Waals surface area contributed by atoms with E-state index in [0.717, 1.165) is 12.8 Å².